The van der Waals surface area contributed by atoms with Gasteiger partial charge in [-0.3, -0.25) is 0 Å². The number of hydrogen-bond acceptors (Lipinski definition) is 3. The fraction of sp³-hybridized carbons (Fsp3) is 0.500. The van der Waals surface area contributed by atoms with Gasteiger partial charge in [0.2, 0.25) is 0 Å². The van der Waals surface area contributed by atoms with Crippen LogP contribution in [0.2, 0.25) is 0 Å². The largest absolute Gasteiger partial charge is 0.389 e. The van der Waals surface area contributed by atoms with Crippen molar-refractivity contribution in [3.63, 3.8) is 0 Å². The Kier molecular flexibility index (Phi) is 2.88. The molecule has 0 saturated heterocycles. The molecule has 0 radical (unpaired) electrons. The molecule has 0 bridgehead atoms. The van der Waals surface area contributed by atoms with Crippen LogP contribution in [0, 0.1) is 6.92 Å². The summed E-state index contributed by atoms with van der Waals surface area (Å²) in [5.41, 5.74) is 1.97. The van der Waals surface area contributed by atoms with Gasteiger partial charge in [-0.15, -0.1) is 0 Å². The van der Waals surface area contributed by atoms with Crippen molar-refractivity contribution in [2.75, 3.05) is 19.0 Å². The first kappa shape index (κ1) is 9.99. The van der Waals surface area contributed by atoms with E-state index in [1.54, 1.807) is 13.1 Å². The SMILES string of the molecule is Cc1cc(N(C)C)ncc1[C@H](C)O. The first-order chi connectivity index (χ1) is 6.02. The highest BCUT2D eigenvalue weighted by Gasteiger charge is 2.06. The van der Waals surface area contributed by atoms with Crippen molar-refractivity contribution in [1.82, 2.24) is 4.98 Å². The summed E-state index contributed by atoms with van der Waals surface area (Å²) in [6, 6.07) is 1.97. The molecule has 0 aliphatic rings. The fourth-order valence-corrected chi connectivity index (χ4v) is 1.23. The Morgan fingerprint density at radius 2 is 2.08 bits per heavy atom. The molecule has 1 heterocycles. The van der Waals surface area contributed by atoms with E-state index in [2.05, 4.69) is 4.98 Å². The first-order valence-corrected chi connectivity index (χ1v) is 4.34. The van der Waals surface area contributed by atoms with E-state index in [0.29, 0.717) is 0 Å². The van der Waals surface area contributed by atoms with Gasteiger partial charge in [0.1, 0.15) is 5.82 Å². The molecule has 0 unspecified atom stereocenters. The number of aryl methyl sites for hydroxylation is 1. The van der Waals surface area contributed by atoms with Crippen LogP contribution in [0.5, 0.6) is 0 Å². The lowest BCUT2D eigenvalue weighted by Gasteiger charge is -2.14. The second kappa shape index (κ2) is 3.75. The molecule has 1 rings (SSSR count). The molecular weight excluding hydrogens is 164 g/mol. The second-order valence-corrected chi connectivity index (χ2v) is 3.47. The number of aromatic nitrogens is 1. The average Bonchev–Trinajstić information content (AvgIpc) is 2.03. The normalized spacial score (nSPS) is 12.7. The molecule has 1 atom stereocenters. The fourth-order valence-electron chi connectivity index (χ4n) is 1.23. The molecule has 1 N–H and O–H groups in total. The van der Waals surface area contributed by atoms with Gasteiger partial charge in [-0.05, 0) is 25.5 Å². The lowest BCUT2D eigenvalue weighted by atomic mass is 10.1. The van der Waals surface area contributed by atoms with Gasteiger partial charge in [0.15, 0.2) is 0 Å². The predicted molar refractivity (Wildman–Crippen MR) is 53.9 cm³/mol. The molecule has 0 spiro atoms. The standard InChI is InChI=1S/C10H16N2O/c1-7-5-10(12(3)4)11-6-9(7)8(2)13/h5-6,8,13H,1-4H3/t8-/m0/s1. The molecule has 13 heavy (non-hydrogen) atoms. The van der Waals surface area contributed by atoms with Crippen LogP contribution in [0.4, 0.5) is 5.82 Å². The van der Waals surface area contributed by atoms with Gasteiger partial charge in [0.05, 0.1) is 6.10 Å². The van der Waals surface area contributed by atoms with Crippen LogP contribution >= 0.6 is 0 Å². The maximum absolute atomic E-state index is 9.38. The van der Waals surface area contributed by atoms with Gasteiger partial charge in [0, 0.05) is 25.9 Å². The molecule has 0 amide bonds. The summed E-state index contributed by atoms with van der Waals surface area (Å²) in [6.07, 6.45) is 1.29. The Morgan fingerprint density at radius 3 is 2.46 bits per heavy atom. The number of pyridine rings is 1. The summed E-state index contributed by atoms with van der Waals surface area (Å²) in [4.78, 5) is 6.17. The Labute approximate surface area is 79.0 Å². The van der Waals surface area contributed by atoms with Gasteiger partial charge in [0.25, 0.3) is 0 Å². The minimum Gasteiger partial charge on any atom is -0.389 e. The van der Waals surface area contributed by atoms with Crippen molar-refractivity contribution in [3.05, 3.63) is 23.4 Å². The van der Waals surface area contributed by atoms with Gasteiger partial charge < -0.3 is 10.0 Å². The van der Waals surface area contributed by atoms with Crippen molar-refractivity contribution in [1.29, 1.82) is 0 Å². The number of nitrogens with zero attached hydrogens (tertiary/aromatic N) is 2. The molecule has 1 aromatic rings. The van der Waals surface area contributed by atoms with Crippen molar-refractivity contribution < 1.29 is 5.11 Å². The molecule has 0 aliphatic carbocycles. The molecule has 0 aliphatic heterocycles. The zero-order chi connectivity index (χ0) is 10.0. The summed E-state index contributed by atoms with van der Waals surface area (Å²) in [7, 11) is 3.90. The third-order valence-electron chi connectivity index (χ3n) is 2.05. The Hall–Kier alpha value is -1.09. The Morgan fingerprint density at radius 1 is 1.46 bits per heavy atom. The highest BCUT2D eigenvalue weighted by atomic mass is 16.3. The lowest BCUT2D eigenvalue weighted by Crippen LogP contribution is -2.11. The monoisotopic (exact) mass is 180 g/mol. The van der Waals surface area contributed by atoms with E-state index in [9.17, 15) is 5.11 Å². The minimum absolute atomic E-state index is 0.441. The molecule has 0 fully saturated rings. The summed E-state index contributed by atoms with van der Waals surface area (Å²) < 4.78 is 0. The Balaban J connectivity index is 3.06. The van der Waals surface area contributed by atoms with Crippen LogP contribution in [0.25, 0.3) is 0 Å². The number of aliphatic hydroxyl groups is 1. The zero-order valence-electron chi connectivity index (χ0n) is 8.57. The smallest absolute Gasteiger partial charge is 0.128 e. The van der Waals surface area contributed by atoms with Crippen LogP contribution in [-0.2, 0) is 0 Å². The van der Waals surface area contributed by atoms with Crippen LogP contribution in [0.15, 0.2) is 12.3 Å². The van der Waals surface area contributed by atoms with Gasteiger partial charge in [-0.1, -0.05) is 0 Å². The van der Waals surface area contributed by atoms with E-state index >= 15 is 0 Å². The topological polar surface area (TPSA) is 36.4 Å². The summed E-state index contributed by atoms with van der Waals surface area (Å²) in [6.45, 7) is 3.73. The van der Waals surface area contributed by atoms with E-state index in [-0.39, 0.29) is 0 Å². The van der Waals surface area contributed by atoms with E-state index in [1.165, 1.54) is 0 Å². The molecule has 0 saturated carbocycles. The Bertz CT molecular complexity index is 295. The van der Waals surface area contributed by atoms with Crippen LogP contribution in [-0.4, -0.2) is 24.2 Å². The maximum Gasteiger partial charge on any atom is 0.128 e. The first-order valence-electron chi connectivity index (χ1n) is 4.34. The highest BCUT2D eigenvalue weighted by Crippen LogP contribution is 2.19. The summed E-state index contributed by atoms with van der Waals surface area (Å²) in [5, 5.41) is 9.38. The molecule has 72 valence electrons. The quantitative estimate of drug-likeness (QED) is 0.749. The second-order valence-electron chi connectivity index (χ2n) is 3.47. The van der Waals surface area contributed by atoms with Gasteiger partial charge >= 0.3 is 0 Å². The maximum atomic E-state index is 9.38. The van der Waals surface area contributed by atoms with Crippen molar-refractivity contribution in [3.8, 4) is 0 Å². The summed E-state index contributed by atoms with van der Waals surface area (Å²) in [5.74, 6) is 0.918. The molecule has 1 aromatic heterocycles. The third-order valence-corrected chi connectivity index (χ3v) is 2.05. The zero-order valence-corrected chi connectivity index (χ0v) is 8.57. The third kappa shape index (κ3) is 2.18. The molecule has 3 nitrogen and oxygen atoms in total. The highest BCUT2D eigenvalue weighted by molar-refractivity contribution is 5.42. The number of hydrogen-bond donors (Lipinski definition) is 1. The number of anilines is 1. The van der Waals surface area contributed by atoms with Gasteiger partial charge in [-0.2, -0.15) is 0 Å². The van der Waals surface area contributed by atoms with E-state index in [4.69, 9.17) is 0 Å². The molecule has 0 aromatic carbocycles. The van der Waals surface area contributed by atoms with E-state index in [0.717, 1.165) is 16.9 Å². The van der Waals surface area contributed by atoms with Crippen LogP contribution in [0.1, 0.15) is 24.2 Å². The number of rotatable bonds is 2. The average molecular weight is 180 g/mol. The van der Waals surface area contributed by atoms with Crippen molar-refractivity contribution in [2.45, 2.75) is 20.0 Å². The summed E-state index contributed by atoms with van der Waals surface area (Å²) >= 11 is 0. The van der Waals surface area contributed by atoms with E-state index in [1.807, 2.05) is 32.0 Å². The molecular formula is C10H16N2O. The van der Waals surface area contributed by atoms with Gasteiger partial charge in [-0.25, -0.2) is 4.98 Å². The predicted octanol–water partition coefficient (Wildman–Crippen LogP) is 1.51. The molecule has 3 heteroatoms. The van der Waals surface area contributed by atoms with E-state index < -0.39 is 6.10 Å². The van der Waals surface area contributed by atoms with Crippen LogP contribution < -0.4 is 4.90 Å². The number of aliphatic hydroxyl groups excluding tert-OH is 1. The lowest BCUT2D eigenvalue weighted by molar-refractivity contribution is 0.198. The van der Waals surface area contributed by atoms with Crippen molar-refractivity contribution >= 4 is 5.82 Å². The van der Waals surface area contributed by atoms with Crippen LogP contribution in [0.3, 0.4) is 0 Å². The van der Waals surface area contributed by atoms with Crippen molar-refractivity contribution in [2.24, 2.45) is 0 Å². The minimum atomic E-state index is -0.441.